The number of benzene rings is 3. The number of ether oxygens (including phenoxy) is 1. The van der Waals surface area contributed by atoms with Crippen LogP contribution in [0.25, 0.3) is 6.08 Å². The molecule has 3 aliphatic carbocycles. The summed E-state index contributed by atoms with van der Waals surface area (Å²) in [5.41, 5.74) is 1.42. The molecule has 2 saturated carbocycles. The zero-order valence-electron chi connectivity index (χ0n) is 27.8. The van der Waals surface area contributed by atoms with E-state index < -0.39 is 35.0 Å². The molecule has 0 spiro atoms. The Kier molecular flexibility index (Phi) is 8.17. The summed E-state index contributed by atoms with van der Waals surface area (Å²) in [5.74, 6) is -3.52. The highest BCUT2D eigenvalue weighted by Crippen LogP contribution is 2.62. The molecular formula is C41H39ClN2O6. The van der Waals surface area contributed by atoms with Crippen LogP contribution in [-0.4, -0.2) is 46.8 Å². The van der Waals surface area contributed by atoms with Gasteiger partial charge in [0.2, 0.25) is 23.6 Å². The molecule has 0 aromatic heterocycles. The Bertz CT molecular complexity index is 1950. The molecule has 6 atom stereocenters. The average molecular weight is 691 g/mol. The molecule has 0 radical (unpaired) electrons. The summed E-state index contributed by atoms with van der Waals surface area (Å²) in [5, 5.41) is 10.7. The van der Waals surface area contributed by atoms with Crippen molar-refractivity contribution in [3.63, 3.8) is 0 Å². The number of halogens is 1. The number of fused-ring (bicyclic) bond motifs is 4. The minimum Gasteiger partial charge on any atom is -0.504 e. The number of carbonyl (C=O) groups is 4. The van der Waals surface area contributed by atoms with Gasteiger partial charge < -0.3 is 9.84 Å². The Hall–Kier alpha value is -4.69. The third-order valence-electron chi connectivity index (χ3n) is 11.9. The lowest BCUT2D eigenvalue weighted by Gasteiger charge is -2.49. The summed E-state index contributed by atoms with van der Waals surface area (Å²) in [6, 6.07) is 21.2. The highest BCUT2D eigenvalue weighted by atomic mass is 35.5. The Balaban J connectivity index is 1.31. The summed E-state index contributed by atoms with van der Waals surface area (Å²) in [6.07, 6.45) is 11.3. The topological polar surface area (TPSA) is 104 Å². The number of aromatic hydroxyl groups is 1. The molecule has 9 heteroatoms. The number of phenols is 1. The van der Waals surface area contributed by atoms with Gasteiger partial charge in [0.1, 0.15) is 0 Å². The maximum absolute atomic E-state index is 15.2. The summed E-state index contributed by atoms with van der Waals surface area (Å²) in [4.78, 5) is 61.3. The Morgan fingerprint density at radius 2 is 1.66 bits per heavy atom. The number of methoxy groups -OCH3 is 1. The summed E-state index contributed by atoms with van der Waals surface area (Å²) < 4.78 is 5.37. The molecule has 5 aliphatic rings. The molecule has 0 bridgehead atoms. The van der Waals surface area contributed by atoms with Gasteiger partial charge in [0.15, 0.2) is 11.5 Å². The van der Waals surface area contributed by atoms with Crippen molar-refractivity contribution in [1.82, 2.24) is 4.90 Å². The number of hydrogen-bond donors (Lipinski definition) is 1. The standard InChI is InChI=1S/C41H39ClN2O6/c1-50-35-21-24(16-20-34(35)45)15-19-32-29-17-18-30-36(39(48)43(37(30)46)27-12-6-3-7-13-27)31(29)23-33-38(47)44(28-14-8-11-26(42)22-28)40(49)41(32,33)25-9-4-2-5-10-25/h2,4-5,8-11,14-17,19-22,27,30-33,36,45H,3,6-7,12-13,18,23H2,1H3. The molecule has 4 fully saturated rings. The number of amides is 4. The first-order valence-electron chi connectivity index (χ1n) is 17.6. The maximum Gasteiger partial charge on any atom is 0.246 e. The Labute approximate surface area is 296 Å². The fraction of sp³-hybridized carbons (Fsp3) is 0.366. The molecule has 3 aromatic rings. The number of likely N-dealkylation sites (tertiary alicyclic amines) is 1. The molecule has 2 aliphatic heterocycles. The van der Waals surface area contributed by atoms with Gasteiger partial charge in [0.25, 0.3) is 0 Å². The lowest BCUT2D eigenvalue weighted by Crippen LogP contribution is -2.54. The van der Waals surface area contributed by atoms with E-state index in [1.54, 1.807) is 47.4 Å². The van der Waals surface area contributed by atoms with E-state index in [4.69, 9.17) is 16.3 Å². The lowest BCUT2D eigenvalue weighted by molar-refractivity contribution is -0.144. The number of imide groups is 2. The van der Waals surface area contributed by atoms with Crippen LogP contribution in [-0.2, 0) is 24.6 Å². The van der Waals surface area contributed by atoms with E-state index in [-0.39, 0.29) is 41.8 Å². The van der Waals surface area contributed by atoms with Gasteiger partial charge in [-0.1, -0.05) is 97.1 Å². The van der Waals surface area contributed by atoms with E-state index >= 15 is 4.79 Å². The predicted octanol–water partition coefficient (Wildman–Crippen LogP) is 7.10. The number of rotatable bonds is 6. The van der Waals surface area contributed by atoms with Crippen molar-refractivity contribution in [3.8, 4) is 11.5 Å². The second kappa shape index (κ2) is 12.6. The maximum atomic E-state index is 15.2. The van der Waals surface area contributed by atoms with Crippen LogP contribution < -0.4 is 9.64 Å². The van der Waals surface area contributed by atoms with Crippen molar-refractivity contribution in [1.29, 1.82) is 0 Å². The van der Waals surface area contributed by atoms with Crippen LogP contribution in [0, 0.1) is 29.6 Å². The van der Waals surface area contributed by atoms with Crippen LogP contribution in [0.3, 0.4) is 0 Å². The fourth-order valence-corrected chi connectivity index (χ4v) is 9.90. The molecule has 6 unspecified atom stereocenters. The zero-order chi connectivity index (χ0) is 34.7. The molecule has 50 heavy (non-hydrogen) atoms. The first-order valence-corrected chi connectivity index (χ1v) is 17.9. The van der Waals surface area contributed by atoms with Crippen molar-refractivity contribution in [2.75, 3.05) is 12.0 Å². The second-order valence-electron chi connectivity index (χ2n) is 14.3. The van der Waals surface area contributed by atoms with Crippen LogP contribution >= 0.6 is 11.6 Å². The third-order valence-corrected chi connectivity index (χ3v) is 12.1. The van der Waals surface area contributed by atoms with Gasteiger partial charge in [-0.25, -0.2) is 4.90 Å². The number of nitrogens with zero attached hydrogens (tertiary/aromatic N) is 2. The number of phenolic OH excluding ortho intramolecular Hbond substituents is 1. The van der Waals surface area contributed by atoms with E-state index in [0.717, 1.165) is 43.2 Å². The minimum atomic E-state index is -1.33. The molecule has 8 rings (SSSR count). The molecule has 2 heterocycles. The van der Waals surface area contributed by atoms with Crippen molar-refractivity contribution < 1.29 is 29.0 Å². The highest BCUT2D eigenvalue weighted by Gasteiger charge is 2.69. The first-order chi connectivity index (χ1) is 24.2. The van der Waals surface area contributed by atoms with E-state index in [1.807, 2.05) is 42.5 Å². The molecule has 2 saturated heterocycles. The largest absolute Gasteiger partial charge is 0.504 e. The first kappa shape index (κ1) is 32.5. The van der Waals surface area contributed by atoms with Crippen molar-refractivity contribution in [3.05, 3.63) is 107 Å². The van der Waals surface area contributed by atoms with E-state index in [1.165, 1.54) is 12.0 Å². The van der Waals surface area contributed by atoms with Gasteiger partial charge in [-0.3, -0.25) is 24.1 Å². The van der Waals surface area contributed by atoms with Crippen molar-refractivity contribution in [2.45, 2.75) is 56.4 Å². The minimum absolute atomic E-state index is 0.00453. The molecule has 3 aromatic carbocycles. The van der Waals surface area contributed by atoms with Crippen molar-refractivity contribution >= 4 is 47.0 Å². The quantitative estimate of drug-likeness (QED) is 0.219. The second-order valence-corrected chi connectivity index (χ2v) is 14.7. The summed E-state index contributed by atoms with van der Waals surface area (Å²) in [6.45, 7) is 0. The molecule has 8 nitrogen and oxygen atoms in total. The zero-order valence-corrected chi connectivity index (χ0v) is 28.6. The van der Waals surface area contributed by atoms with Gasteiger partial charge in [0, 0.05) is 17.0 Å². The van der Waals surface area contributed by atoms with Crippen LogP contribution in [0.2, 0.25) is 5.02 Å². The van der Waals surface area contributed by atoms with Gasteiger partial charge in [0.05, 0.1) is 36.0 Å². The number of allylic oxidation sites excluding steroid dienone is 3. The normalized spacial score (nSPS) is 29.6. The van der Waals surface area contributed by atoms with Crippen LogP contribution in [0.15, 0.2) is 90.5 Å². The third kappa shape index (κ3) is 4.86. The number of anilines is 1. The van der Waals surface area contributed by atoms with E-state index in [2.05, 4.69) is 6.08 Å². The van der Waals surface area contributed by atoms with Crippen LogP contribution in [0.5, 0.6) is 11.5 Å². The van der Waals surface area contributed by atoms with Gasteiger partial charge in [-0.05, 0) is 73.1 Å². The fourth-order valence-electron chi connectivity index (χ4n) is 9.72. The van der Waals surface area contributed by atoms with Gasteiger partial charge in [-0.15, -0.1) is 0 Å². The molecular weight excluding hydrogens is 652 g/mol. The van der Waals surface area contributed by atoms with Gasteiger partial charge >= 0.3 is 0 Å². The van der Waals surface area contributed by atoms with E-state index in [9.17, 15) is 19.5 Å². The Morgan fingerprint density at radius 1 is 0.880 bits per heavy atom. The molecule has 256 valence electrons. The SMILES string of the molecule is COc1cc(C=CC2C3=CCC4C(=O)N(C5CCCCC5)C(=O)C4C3CC3C(=O)N(c4cccc(Cl)c4)C(=O)C23c2ccccc2)ccc1O. The lowest BCUT2D eigenvalue weighted by atomic mass is 9.50. The monoisotopic (exact) mass is 690 g/mol. The summed E-state index contributed by atoms with van der Waals surface area (Å²) in [7, 11) is 1.48. The van der Waals surface area contributed by atoms with Crippen LogP contribution in [0.1, 0.15) is 56.1 Å². The van der Waals surface area contributed by atoms with Gasteiger partial charge in [-0.2, -0.15) is 0 Å². The van der Waals surface area contributed by atoms with Crippen molar-refractivity contribution in [2.24, 2.45) is 29.6 Å². The van der Waals surface area contributed by atoms with E-state index in [0.29, 0.717) is 28.4 Å². The smallest absolute Gasteiger partial charge is 0.246 e. The Morgan fingerprint density at radius 3 is 2.40 bits per heavy atom. The predicted molar refractivity (Wildman–Crippen MR) is 189 cm³/mol. The highest BCUT2D eigenvalue weighted by molar-refractivity contribution is 6.32. The molecule has 4 amide bonds. The molecule has 1 N–H and O–H groups in total. The average Bonchev–Trinajstić information content (AvgIpc) is 3.53. The number of carbonyl (C=O) groups excluding carboxylic acids is 4. The number of hydrogen-bond acceptors (Lipinski definition) is 6. The summed E-state index contributed by atoms with van der Waals surface area (Å²) >= 11 is 6.40. The van der Waals surface area contributed by atoms with Crippen LogP contribution in [0.4, 0.5) is 5.69 Å².